The van der Waals surface area contributed by atoms with Crippen molar-refractivity contribution < 1.29 is 17.6 Å². The van der Waals surface area contributed by atoms with Crippen LogP contribution in [0.1, 0.15) is 47.6 Å². The number of nitrogens with zero attached hydrogens (tertiary/aromatic N) is 5. The largest absolute Gasteiger partial charge is 0.340 e. The number of rotatable bonds is 7. The van der Waals surface area contributed by atoms with Crippen LogP contribution in [0.25, 0.3) is 0 Å². The van der Waals surface area contributed by atoms with Crippen LogP contribution in [0.4, 0.5) is 15.9 Å². The van der Waals surface area contributed by atoms with E-state index in [9.17, 15) is 17.6 Å². The monoisotopic (exact) mass is 586 g/mol. The van der Waals surface area contributed by atoms with Crippen LogP contribution in [-0.4, -0.2) is 90.0 Å². The van der Waals surface area contributed by atoms with Gasteiger partial charge in [0.1, 0.15) is 18.2 Å². The number of carbonyl (C=O) groups is 1. The predicted molar refractivity (Wildman–Crippen MR) is 147 cm³/mol. The van der Waals surface area contributed by atoms with Gasteiger partial charge in [0.15, 0.2) is 5.82 Å². The van der Waals surface area contributed by atoms with Crippen LogP contribution in [0.2, 0.25) is 10.0 Å². The Morgan fingerprint density at radius 3 is 2.34 bits per heavy atom. The molecule has 1 amide bonds. The van der Waals surface area contributed by atoms with Crippen LogP contribution in [0, 0.1) is 6.92 Å². The summed E-state index contributed by atoms with van der Waals surface area (Å²) in [4.78, 5) is 26.1. The molecular formula is C25H33Cl2FN6O3S. The van der Waals surface area contributed by atoms with E-state index < -0.39 is 16.7 Å². The topological polar surface area (TPSA) is 98.7 Å². The molecule has 0 aliphatic carbocycles. The second kappa shape index (κ2) is 12.0. The lowest BCUT2D eigenvalue weighted by Crippen LogP contribution is -2.52. The summed E-state index contributed by atoms with van der Waals surface area (Å²) in [7, 11) is -1.55. The number of halogens is 3. The number of hydrogen-bond donors (Lipinski definition) is 1. The zero-order valence-electron chi connectivity index (χ0n) is 21.8. The molecule has 3 heterocycles. The van der Waals surface area contributed by atoms with Crippen LogP contribution in [0.5, 0.6) is 0 Å². The number of piperidine rings is 2. The molecule has 2 aromatic rings. The van der Waals surface area contributed by atoms with Crippen molar-refractivity contribution in [1.29, 1.82) is 0 Å². The van der Waals surface area contributed by atoms with Gasteiger partial charge in [0.25, 0.3) is 5.91 Å². The van der Waals surface area contributed by atoms with Crippen LogP contribution in [-0.2, 0) is 16.7 Å². The van der Waals surface area contributed by atoms with Gasteiger partial charge in [-0.15, -0.1) is 0 Å². The van der Waals surface area contributed by atoms with Gasteiger partial charge in [-0.3, -0.25) is 4.79 Å². The SMILES string of the molecule is Cc1c(Nc2ccc(Cl)c(Cl)c2)nc(CF)nc1C(=O)N1CCC(N2CCC(N(C)S(C)(=O)=O)CC2)CC1. The lowest BCUT2D eigenvalue weighted by atomic mass is 9.97. The van der Waals surface area contributed by atoms with Crippen LogP contribution in [0.3, 0.4) is 0 Å². The molecule has 1 N–H and O–H groups in total. The summed E-state index contributed by atoms with van der Waals surface area (Å²) in [6.07, 6.45) is 4.46. The number of sulfonamides is 1. The highest BCUT2D eigenvalue weighted by atomic mass is 35.5. The summed E-state index contributed by atoms with van der Waals surface area (Å²) in [5.74, 6) is 0.0215. The molecule has 1 aromatic heterocycles. The Bertz CT molecular complexity index is 1280. The Labute approximate surface area is 233 Å². The molecule has 38 heavy (non-hydrogen) atoms. The number of amides is 1. The van der Waals surface area contributed by atoms with Gasteiger partial charge in [-0.05, 0) is 63.9 Å². The maximum Gasteiger partial charge on any atom is 0.272 e. The molecule has 13 heteroatoms. The number of nitrogens with one attached hydrogen (secondary N) is 1. The van der Waals surface area contributed by atoms with Gasteiger partial charge in [0.05, 0.1) is 16.3 Å². The molecule has 0 spiro atoms. The number of carbonyl (C=O) groups excluding carboxylic acids is 1. The van der Waals surface area contributed by atoms with E-state index in [0.29, 0.717) is 46.2 Å². The number of anilines is 2. The number of alkyl halides is 1. The third-order valence-electron chi connectivity index (χ3n) is 7.50. The lowest BCUT2D eigenvalue weighted by Gasteiger charge is -2.43. The summed E-state index contributed by atoms with van der Waals surface area (Å²) >= 11 is 12.1. The normalized spacial score (nSPS) is 18.2. The van der Waals surface area contributed by atoms with Gasteiger partial charge in [-0.25, -0.2) is 27.1 Å². The van der Waals surface area contributed by atoms with Crippen LogP contribution in [0.15, 0.2) is 18.2 Å². The van der Waals surface area contributed by atoms with E-state index in [0.717, 1.165) is 38.8 Å². The molecule has 0 radical (unpaired) electrons. The van der Waals surface area contributed by atoms with E-state index in [1.54, 1.807) is 37.1 Å². The van der Waals surface area contributed by atoms with Gasteiger partial charge in [-0.2, -0.15) is 0 Å². The molecule has 208 valence electrons. The first-order valence-corrected chi connectivity index (χ1v) is 15.2. The molecule has 2 fully saturated rings. The molecule has 2 saturated heterocycles. The molecule has 0 saturated carbocycles. The fourth-order valence-corrected chi connectivity index (χ4v) is 6.18. The molecule has 0 atom stereocenters. The van der Waals surface area contributed by atoms with E-state index in [-0.39, 0.29) is 23.5 Å². The maximum absolute atomic E-state index is 13.6. The molecular weight excluding hydrogens is 554 g/mol. The minimum atomic E-state index is -3.20. The summed E-state index contributed by atoms with van der Waals surface area (Å²) in [6.45, 7) is 3.63. The molecule has 1 aromatic carbocycles. The summed E-state index contributed by atoms with van der Waals surface area (Å²) in [5, 5.41) is 3.87. The zero-order chi connectivity index (χ0) is 27.6. The molecule has 0 bridgehead atoms. The van der Waals surface area contributed by atoms with E-state index in [2.05, 4.69) is 20.2 Å². The summed E-state index contributed by atoms with van der Waals surface area (Å²) < 4.78 is 38.8. The number of likely N-dealkylation sites (tertiary alicyclic amines) is 2. The second-order valence-corrected chi connectivity index (χ2v) is 12.8. The Hall–Kier alpha value is -2.05. The van der Waals surface area contributed by atoms with Gasteiger partial charge >= 0.3 is 0 Å². The van der Waals surface area contributed by atoms with Crippen LogP contribution >= 0.6 is 23.2 Å². The van der Waals surface area contributed by atoms with E-state index >= 15 is 0 Å². The van der Waals surface area contributed by atoms with Gasteiger partial charge in [0, 0.05) is 43.5 Å². The lowest BCUT2D eigenvalue weighted by molar-refractivity contribution is 0.0542. The highest BCUT2D eigenvalue weighted by Crippen LogP contribution is 2.29. The van der Waals surface area contributed by atoms with Crippen molar-refractivity contribution in [3.8, 4) is 0 Å². The Morgan fingerprint density at radius 1 is 1.11 bits per heavy atom. The van der Waals surface area contributed by atoms with Crippen molar-refractivity contribution in [2.75, 3.05) is 44.8 Å². The fraction of sp³-hybridized carbons (Fsp3) is 0.560. The number of hydrogen-bond acceptors (Lipinski definition) is 7. The van der Waals surface area contributed by atoms with E-state index in [1.165, 1.54) is 10.6 Å². The Kier molecular flexibility index (Phi) is 9.14. The molecule has 4 rings (SSSR count). The number of aromatic nitrogens is 2. The highest BCUT2D eigenvalue weighted by Gasteiger charge is 2.33. The average molecular weight is 588 g/mol. The first-order chi connectivity index (χ1) is 18.0. The summed E-state index contributed by atoms with van der Waals surface area (Å²) in [5.41, 5.74) is 1.31. The predicted octanol–water partition coefficient (Wildman–Crippen LogP) is 4.27. The molecule has 2 aliphatic rings. The minimum Gasteiger partial charge on any atom is -0.340 e. The van der Waals surface area contributed by atoms with Crippen molar-refractivity contribution in [2.45, 2.75) is 51.4 Å². The van der Waals surface area contributed by atoms with Crippen molar-refractivity contribution in [3.05, 3.63) is 45.3 Å². The second-order valence-electron chi connectivity index (χ2n) is 9.92. The number of benzene rings is 1. The van der Waals surface area contributed by atoms with E-state index in [4.69, 9.17) is 23.2 Å². The van der Waals surface area contributed by atoms with Crippen molar-refractivity contribution in [3.63, 3.8) is 0 Å². The fourth-order valence-electron chi connectivity index (χ4n) is 5.13. The molecule has 2 aliphatic heterocycles. The average Bonchev–Trinajstić information content (AvgIpc) is 2.90. The molecule has 9 nitrogen and oxygen atoms in total. The third kappa shape index (κ3) is 6.56. The quantitative estimate of drug-likeness (QED) is 0.517. The summed E-state index contributed by atoms with van der Waals surface area (Å²) in [6, 6.07) is 5.36. The van der Waals surface area contributed by atoms with Gasteiger partial charge in [0.2, 0.25) is 10.0 Å². The van der Waals surface area contributed by atoms with Crippen LogP contribution < -0.4 is 5.32 Å². The smallest absolute Gasteiger partial charge is 0.272 e. The Morgan fingerprint density at radius 2 is 1.76 bits per heavy atom. The first-order valence-electron chi connectivity index (χ1n) is 12.6. The Balaban J connectivity index is 1.40. The first kappa shape index (κ1) is 28.9. The third-order valence-corrected chi connectivity index (χ3v) is 9.58. The van der Waals surface area contributed by atoms with Crippen molar-refractivity contribution >= 4 is 50.6 Å². The standard InChI is InChI=1S/C25H33Cl2FN6O3S/c1-16-23(30-22(15-28)31-24(16)29-17-4-5-20(26)21(27)14-17)25(35)34-12-8-19(9-13-34)33-10-6-18(7-11-33)32(2)38(3,36)37/h4-5,14,18-19H,6-13,15H2,1-3H3,(H,29,30,31). The zero-order valence-corrected chi connectivity index (χ0v) is 24.1. The minimum absolute atomic E-state index is 0.0278. The van der Waals surface area contributed by atoms with Crippen molar-refractivity contribution in [2.24, 2.45) is 0 Å². The van der Waals surface area contributed by atoms with E-state index in [1.807, 2.05) is 0 Å². The van der Waals surface area contributed by atoms with Gasteiger partial charge in [-0.1, -0.05) is 23.2 Å². The maximum atomic E-state index is 13.6. The van der Waals surface area contributed by atoms with Crippen molar-refractivity contribution in [1.82, 2.24) is 24.1 Å². The highest BCUT2D eigenvalue weighted by molar-refractivity contribution is 7.88. The van der Waals surface area contributed by atoms with Gasteiger partial charge < -0.3 is 15.1 Å². The molecule has 0 unspecified atom stereocenters.